The smallest absolute Gasteiger partial charge is 0.285 e. The number of hydroxylamine groups is 2. The molecule has 0 bridgehead atoms. The summed E-state index contributed by atoms with van der Waals surface area (Å²) in [6.45, 7) is 3.92. The van der Waals surface area contributed by atoms with Gasteiger partial charge in [-0.05, 0) is 13.8 Å². The number of hydrogen-bond acceptors (Lipinski definition) is 3. The fourth-order valence-corrected chi connectivity index (χ4v) is 0.691. The summed E-state index contributed by atoms with van der Waals surface area (Å²) in [7, 11) is 4.69. The van der Waals surface area contributed by atoms with Gasteiger partial charge in [-0.3, -0.25) is 10.2 Å². The van der Waals surface area contributed by atoms with Crippen molar-refractivity contribution in [3.05, 3.63) is 0 Å². The summed E-state index contributed by atoms with van der Waals surface area (Å²) < 4.78 is 0. The topological polar surface area (TPSA) is 47.0 Å². The number of carbonyl (C=O) groups excluding carboxylic acids is 1. The molecule has 0 heterocycles. The van der Waals surface area contributed by atoms with Gasteiger partial charge < -0.3 is 0 Å². The number of amides is 2. The molecule has 2 amide bonds. The average Bonchev–Trinajstić information content (AvgIpc) is 2.00. The van der Waals surface area contributed by atoms with Crippen LogP contribution in [0.15, 0.2) is 0 Å². The first-order valence-electron chi connectivity index (χ1n) is 3.81. The van der Waals surface area contributed by atoms with Crippen molar-refractivity contribution < 1.29 is 10.0 Å². The molecule has 0 saturated heterocycles. The van der Waals surface area contributed by atoms with Crippen molar-refractivity contribution in [2.45, 2.75) is 19.9 Å². The summed E-state index contributed by atoms with van der Waals surface area (Å²) in [6, 6.07) is -0.231. The van der Waals surface area contributed by atoms with E-state index in [9.17, 15) is 4.79 Å². The van der Waals surface area contributed by atoms with Gasteiger partial charge in [0.1, 0.15) is 0 Å². The lowest BCUT2D eigenvalue weighted by Crippen LogP contribution is -2.49. The second kappa shape index (κ2) is 4.27. The lowest BCUT2D eigenvalue weighted by Gasteiger charge is -2.32. The molecule has 5 nitrogen and oxygen atoms in total. The van der Waals surface area contributed by atoms with E-state index in [4.69, 9.17) is 5.21 Å². The molecule has 0 aromatic carbocycles. The predicted molar refractivity (Wildman–Crippen MR) is 45.6 cm³/mol. The van der Waals surface area contributed by atoms with E-state index in [0.29, 0.717) is 5.06 Å². The van der Waals surface area contributed by atoms with Gasteiger partial charge in [-0.1, -0.05) is 0 Å². The van der Waals surface area contributed by atoms with Crippen LogP contribution in [-0.2, 0) is 0 Å². The molecule has 0 aromatic heterocycles. The molecule has 0 aliphatic rings. The summed E-state index contributed by atoms with van der Waals surface area (Å²) in [5.74, 6) is 0. The molecule has 12 heavy (non-hydrogen) atoms. The van der Waals surface area contributed by atoms with E-state index >= 15 is 0 Å². The predicted octanol–water partition coefficient (Wildman–Crippen LogP) is 0.614. The van der Waals surface area contributed by atoms with Crippen molar-refractivity contribution in [1.29, 1.82) is 0 Å². The van der Waals surface area contributed by atoms with E-state index in [1.165, 1.54) is 12.1 Å². The third kappa shape index (κ3) is 2.67. The van der Waals surface area contributed by atoms with Crippen LogP contribution in [0, 0.1) is 0 Å². The van der Waals surface area contributed by atoms with E-state index < -0.39 is 6.03 Å². The van der Waals surface area contributed by atoms with Gasteiger partial charge in [0.15, 0.2) is 0 Å². The van der Waals surface area contributed by atoms with Crippen molar-refractivity contribution in [2.24, 2.45) is 0 Å². The molecule has 72 valence electrons. The van der Waals surface area contributed by atoms with Gasteiger partial charge in [-0.25, -0.2) is 14.9 Å². The number of hydrazine groups is 1. The Bertz CT molecular complexity index is 159. The molecule has 0 aliphatic carbocycles. The number of rotatable bonds is 2. The van der Waals surface area contributed by atoms with Crippen molar-refractivity contribution >= 4 is 6.03 Å². The van der Waals surface area contributed by atoms with E-state index in [-0.39, 0.29) is 6.04 Å². The standard InChI is InChI=1S/C7H17N3O2/c1-6(2)8(3)9(4)7(11)10(5)12/h6,12H,1-5H3. The van der Waals surface area contributed by atoms with E-state index in [2.05, 4.69) is 0 Å². The normalized spacial score (nSPS) is 10.7. The highest BCUT2D eigenvalue weighted by atomic mass is 16.5. The highest BCUT2D eigenvalue weighted by Crippen LogP contribution is 2.00. The molecule has 5 heteroatoms. The van der Waals surface area contributed by atoms with Crippen LogP contribution in [0.4, 0.5) is 4.79 Å². The fourth-order valence-electron chi connectivity index (χ4n) is 0.691. The minimum Gasteiger partial charge on any atom is -0.285 e. The summed E-state index contributed by atoms with van der Waals surface area (Å²) in [6.07, 6.45) is 0. The largest absolute Gasteiger partial charge is 0.357 e. The third-order valence-corrected chi connectivity index (χ3v) is 1.77. The molecular formula is C7H17N3O2. The van der Waals surface area contributed by atoms with Gasteiger partial charge >= 0.3 is 6.03 Å². The molecule has 0 unspecified atom stereocenters. The Kier molecular flexibility index (Phi) is 3.99. The molecule has 0 aromatic rings. The Labute approximate surface area is 73.1 Å². The van der Waals surface area contributed by atoms with Crippen LogP contribution in [0.5, 0.6) is 0 Å². The maximum Gasteiger partial charge on any atom is 0.357 e. The maximum absolute atomic E-state index is 11.1. The molecule has 0 spiro atoms. The van der Waals surface area contributed by atoms with Gasteiger partial charge in [0, 0.05) is 27.2 Å². The summed E-state index contributed by atoms with van der Waals surface area (Å²) in [5, 5.41) is 12.5. The zero-order chi connectivity index (χ0) is 9.89. The molecule has 1 N–H and O–H groups in total. The number of hydrogen-bond donors (Lipinski definition) is 1. The van der Waals surface area contributed by atoms with Crippen LogP contribution in [0.2, 0.25) is 0 Å². The fraction of sp³-hybridized carbons (Fsp3) is 0.857. The van der Waals surface area contributed by atoms with E-state index in [1.54, 1.807) is 19.1 Å². The van der Waals surface area contributed by atoms with Crippen LogP contribution in [0.3, 0.4) is 0 Å². The van der Waals surface area contributed by atoms with Crippen molar-refractivity contribution in [3.63, 3.8) is 0 Å². The van der Waals surface area contributed by atoms with Crippen molar-refractivity contribution in [1.82, 2.24) is 15.1 Å². The third-order valence-electron chi connectivity index (χ3n) is 1.77. The lowest BCUT2D eigenvalue weighted by molar-refractivity contribution is -0.0666. The second-order valence-corrected chi connectivity index (χ2v) is 3.00. The highest BCUT2D eigenvalue weighted by molar-refractivity contribution is 5.71. The quantitative estimate of drug-likeness (QED) is 0.494. The molecule has 0 atom stereocenters. The maximum atomic E-state index is 11.1. The molecule has 0 radical (unpaired) electrons. The van der Waals surface area contributed by atoms with Crippen LogP contribution in [0.25, 0.3) is 0 Å². The Balaban J connectivity index is 4.19. The summed E-state index contributed by atoms with van der Waals surface area (Å²) >= 11 is 0. The van der Waals surface area contributed by atoms with Crippen LogP contribution >= 0.6 is 0 Å². The van der Waals surface area contributed by atoms with Crippen molar-refractivity contribution in [2.75, 3.05) is 21.1 Å². The molecule has 0 aliphatic heterocycles. The monoisotopic (exact) mass is 175 g/mol. The minimum absolute atomic E-state index is 0.221. The van der Waals surface area contributed by atoms with Crippen LogP contribution < -0.4 is 0 Å². The van der Waals surface area contributed by atoms with Gasteiger partial charge in [0.25, 0.3) is 0 Å². The average molecular weight is 175 g/mol. The van der Waals surface area contributed by atoms with Gasteiger partial charge in [0.2, 0.25) is 0 Å². The Morgan fingerprint density at radius 3 is 1.92 bits per heavy atom. The van der Waals surface area contributed by atoms with Gasteiger partial charge in [0.05, 0.1) is 0 Å². The first kappa shape index (κ1) is 11.2. The number of urea groups is 1. The SMILES string of the molecule is CC(C)N(C)N(C)C(=O)N(C)O. The zero-order valence-corrected chi connectivity index (χ0v) is 8.27. The molecule has 0 rings (SSSR count). The highest BCUT2D eigenvalue weighted by Gasteiger charge is 2.18. The van der Waals surface area contributed by atoms with E-state index in [1.807, 2.05) is 13.8 Å². The second-order valence-electron chi connectivity index (χ2n) is 3.00. The van der Waals surface area contributed by atoms with Crippen molar-refractivity contribution in [3.8, 4) is 0 Å². The van der Waals surface area contributed by atoms with Crippen LogP contribution in [-0.4, -0.2) is 53.5 Å². The summed E-state index contributed by atoms with van der Waals surface area (Å²) in [4.78, 5) is 11.1. The van der Waals surface area contributed by atoms with Gasteiger partial charge in [-0.2, -0.15) is 0 Å². The minimum atomic E-state index is -0.453. The van der Waals surface area contributed by atoms with Crippen LogP contribution in [0.1, 0.15) is 13.8 Å². The zero-order valence-electron chi connectivity index (χ0n) is 8.27. The molecule has 0 saturated carbocycles. The Morgan fingerprint density at radius 2 is 1.67 bits per heavy atom. The van der Waals surface area contributed by atoms with Gasteiger partial charge in [-0.15, -0.1) is 0 Å². The van der Waals surface area contributed by atoms with E-state index in [0.717, 1.165) is 0 Å². The number of carbonyl (C=O) groups is 1. The Hall–Kier alpha value is -0.810. The first-order chi connectivity index (χ1) is 5.37. The first-order valence-corrected chi connectivity index (χ1v) is 3.81. The molecule has 0 fully saturated rings. The number of nitrogens with zero attached hydrogens (tertiary/aromatic N) is 3. The summed E-state index contributed by atoms with van der Waals surface area (Å²) in [5.41, 5.74) is 0. The Morgan fingerprint density at radius 1 is 1.25 bits per heavy atom. The lowest BCUT2D eigenvalue weighted by atomic mass is 10.4. The molecular weight excluding hydrogens is 158 g/mol.